The summed E-state index contributed by atoms with van der Waals surface area (Å²) in [6.45, 7) is 4.80. The number of nitrogens with one attached hydrogen (secondary N) is 1. The lowest BCUT2D eigenvalue weighted by Gasteiger charge is -2.37. The molecule has 0 bridgehead atoms. The SMILES string of the molecule is CCC(CC)C(=O)N(Cc1cc(NC(=O)c2cccs2)ccc1N(C)C)C1CCCCC1. The maximum atomic E-state index is 13.6. The summed E-state index contributed by atoms with van der Waals surface area (Å²) in [5.74, 6) is 0.252. The molecule has 32 heavy (non-hydrogen) atoms. The molecule has 3 rings (SSSR count). The lowest BCUT2D eigenvalue weighted by molar-refractivity contribution is -0.139. The van der Waals surface area contributed by atoms with Crippen LogP contribution in [-0.4, -0.2) is 36.9 Å². The molecular formula is C26H37N3O2S. The Bertz CT molecular complexity index is 884. The Balaban J connectivity index is 1.90. The summed E-state index contributed by atoms with van der Waals surface area (Å²) >= 11 is 1.43. The van der Waals surface area contributed by atoms with Crippen LogP contribution >= 0.6 is 11.3 Å². The van der Waals surface area contributed by atoms with Crippen molar-refractivity contribution >= 4 is 34.5 Å². The Labute approximate surface area is 196 Å². The molecule has 2 amide bonds. The molecule has 1 aliphatic carbocycles. The van der Waals surface area contributed by atoms with Gasteiger partial charge in [0.1, 0.15) is 0 Å². The molecule has 0 spiro atoms. The van der Waals surface area contributed by atoms with Crippen molar-refractivity contribution in [1.29, 1.82) is 0 Å². The molecule has 2 aromatic rings. The molecule has 0 aliphatic heterocycles. The molecule has 5 nitrogen and oxygen atoms in total. The van der Waals surface area contributed by atoms with E-state index in [2.05, 4.69) is 29.0 Å². The van der Waals surface area contributed by atoms with Crippen LogP contribution < -0.4 is 10.2 Å². The zero-order valence-electron chi connectivity index (χ0n) is 19.9. The molecule has 1 heterocycles. The predicted octanol–water partition coefficient (Wildman–Crippen LogP) is 6.16. The first-order chi connectivity index (χ1) is 15.4. The Kier molecular flexibility index (Phi) is 8.74. The number of benzene rings is 1. The number of amides is 2. The van der Waals surface area contributed by atoms with E-state index in [1.54, 1.807) is 0 Å². The molecule has 1 aromatic carbocycles. The second-order valence-electron chi connectivity index (χ2n) is 8.94. The van der Waals surface area contributed by atoms with Gasteiger partial charge < -0.3 is 15.1 Å². The van der Waals surface area contributed by atoms with Gasteiger partial charge in [-0.05, 0) is 60.9 Å². The highest BCUT2D eigenvalue weighted by molar-refractivity contribution is 7.12. The third-order valence-corrected chi connectivity index (χ3v) is 7.41. The zero-order chi connectivity index (χ0) is 23.1. The summed E-state index contributed by atoms with van der Waals surface area (Å²) in [7, 11) is 4.05. The van der Waals surface area contributed by atoms with E-state index in [1.165, 1.54) is 30.6 Å². The first-order valence-electron chi connectivity index (χ1n) is 11.9. The third-order valence-electron chi connectivity index (χ3n) is 6.54. The molecule has 1 aliphatic rings. The van der Waals surface area contributed by atoms with Gasteiger partial charge in [-0.25, -0.2) is 0 Å². The molecule has 0 atom stereocenters. The topological polar surface area (TPSA) is 52.7 Å². The van der Waals surface area contributed by atoms with Crippen LogP contribution in [-0.2, 0) is 11.3 Å². The highest BCUT2D eigenvalue weighted by atomic mass is 32.1. The molecule has 1 N–H and O–H groups in total. The van der Waals surface area contributed by atoms with E-state index in [1.807, 2.05) is 49.8 Å². The van der Waals surface area contributed by atoms with Gasteiger partial charge in [-0.2, -0.15) is 0 Å². The summed E-state index contributed by atoms with van der Waals surface area (Å²) in [5, 5.41) is 4.93. The number of hydrogen-bond donors (Lipinski definition) is 1. The van der Waals surface area contributed by atoms with Crippen molar-refractivity contribution in [1.82, 2.24) is 4.90 Å². The van der Waals surface area contributed by atoms with E-state index in [4.69, 9.17) is 0 Å². The van der Waals surface area contributed by atoms with Gasteiger partial charge in [-0.15, -0.1) is 11.3 Å². The summed E-state index contributed by atoms with van der Waals surface area (Å²) in [5.41, 5.74) is 2.92. The Morgan fingerprint density at radius 3 is 2.41 bits per heavy atom. The highest BCUT2D eigenvalue weighted by Crippen LogP contribution is 2.31. The molecule has 1 aromatic heterocycles. The number of hydrogen-bond acceptors (Lipinski definition) is 4. The maximum absolute atomic E-state index is 13.6. The van der Waals surface area contributed by atoms with E-state index >= 15 is 0 Å². The zero-order valence-corrected chi connectivity index (χ0v) is 20.7. The van der Waals surface area contributed by atoms with Gasteiger partial charge in [0.05, 0.1) is 4.88 Å². The van der Waals surface area contributed by atoms with E-state index < -0.39 is 0 Å². The number of rotatable bonds is 9. The fourth-order valence-electron chi connectivity index (χ4n) is 4.66. The van der Waals surface area contributed by atoms with Gasteiger partial charge in [0, 0.05) is 44.0 Å². The van der Waals surface area contributed by atoms with Crippen molar-refractivity contribution < 1.29 is 9.59 Å². The van der Waals surface area contributed by atoms with Crippen molar-refractivity contribution in [2.24, 2.45) is 5.92 Å². The predicted molar refractivity (Wildman–Crippen MR) is 135 cm³/mol. The standard InChI is InChI=1S/C26H37N3O2S/c1-5-19(6-2)26(31)29(22-11-8-7-9-12-22)18-20-17-21(14-15-23(20)28(3)4)27-25(30)24-13-10-16-32-24/h10,13-17,19,22H,5-9,11-12,18H2,1-4H3,(H,27,30). The second-order valence-corrected chi connectivity index (χ2v) is 9.89. The van der Waals surface area contributed by atoms with Crippen LogP contribution in [0.5, 0.6) is 0 Å². The average Bonchev–Trinajstić information content (AvgIpc) is 3.34. The fourth-order valence-corrected chi connectivity index (χ4v) is 5.28. The summed E-state index contributed by atoms with van der Waals surface area (Å²) in [4.78, 5) is 31.0. The number of carbonyl (C=O) groups is 2. The van der Waals surface area contributed by atoms with Crippen LogP contribution in [0.4, 0.5) is 11.4 Å². The molecule has 0 unspecified atom stereocenters. The van der Waals surface area contributed by atoms with Gasteiger partial charge in [0.25, 0.3) is 5.91 Å². The first-order valence-corrected chi connectivity index (χ1v) is 12.8. The summed E-state index contributed by atoms with van der Waals surface area (Å²) in [6, 6.07) is 10.0. The van der Waals surface area contributed by atoms with Gasteiger partial charge in [0.2, 0.25) is 5.91 Å². The van der Waals surface area contributed by atoms with Crippen molar-refractivity contribution in [2.75, 3.05) is 24.3 Å². The molecule has 1 saturated carbocycles. The van der Waals surface area contributed by atoms with Crippen LogP contribution in [0.25, 0.3) is 0 Å². The van der Waals surface area contributed by atoms with Crippen LogP contribution in [0.3, 0.4) is 0 Å². The molecule has 0 saturated heterocycles. The average molecular weight is 456 g/mol. The van der Waals surface area contributed by atoms with E-state index in [0.717, 1.165) is 42.6 Å². The van der Waals surface area contributed by atoms with Gasteiger partial charge in [-0.1, -0.05) is 39.2 Å². The second kappa shape index (κ2) is 11.5. The van der Waals surface area contributed by atoms with E-state index in [0.29, 0.717) is 17.5 Å². The Morgan fingerprint density at radius 2 is 1.81 bits per heavy atom. The quantitative estimate of drug-likeness (QED) is 0.492. The number of carbonyl (C=O) groups excluding carboxylic acids is 2. The number of nitrogens with zero attached hydrogens (tertiary/aromatic N) is 2. The Hall–Kier alpha value is -2.34. The number of thiophene rings is 1. The van der Waals surface area contributed by atoms with Crippen LogP contribution in [0.15, 0.2) is 35.7 Å². The first kappa shape index (κ1) is 24.3. The fraction of sp³-hybridized carbons (Fsp3) is 0.538. The normalized spacial score (nSPS) is 14.4. The van der Waals surface area contributed by atoms with Gasteiger partial charge in [0.15, 0.2) is 0 Å². The number of anilines is 2. The van der Waals surface area contributed by atoms with Crippen LogP contribution in [0.2, 0.25) is 0 Å². The monoisotopic (exact) mass is 455 g/mol. The van der Waals surface area contributed by atoms with Crippen molar-refractivity contribution in [3.63, 3.8) is 0 Å². The Morgan fingerprint density at radius 1 is 1.09 bits per heavy atom. The molecule has 6 heteroatoms. The van der Waals surface area contributed by atoms with Crippen molar-refractivity contribution in [3.05, 3.63) is 46.2 Å². The smallest absolute Gasteiger partial charge is 0.265 e. The minimum Gasteiger partial charge on any atom is -0.377 e. The summed E-state index contributed by atoms with van der Waals surface area (Å²) in [6.07, 6.45) is 7.54. The van der Waals surface area contributed by atoms with Crippen LogP contribution in [0.1, 0.15) is 74.0 Å². The largest absolute Gasteiger partial charge is 0.377 e. The van der Waals surface area contributed by atoms with Crippen molar-refractivity contribution in [2.45, 2.75) is 71.4 Å². The third kappa shape index (κ3) is 5.91. The van der Waals surface area contributed by atoms with Gasteiger partial charge in [-0.3, -0.25) is 9.59 Å². The lowest BCUT2D eigenvalue weighted by Crippen LogP contribution is -2.44. The molecule has 1 fully saturated rings. The van der Waals surface area contributed by atoms with Crippen LogP contribution in [0, 0.1) is 5.92 Å². The van der Waals surface area contributed by atoms with Crippen molar-refractivity contribution in [3.8, 4) is 0 Å². The summed E-state index contributed by atoms with van der Waals surface area (Å²) < 4.78 is 0. The highest BCUT2D eigenvalue weighted by Gasteiger charge is 2.30. The molecule has 174 valence electrons. The minimum absolute atomic E-state index is 0.0708. The van der Waals surface area contributed by atoms with E-state index in [9.17, 15) is 9.59 Å². The maximum Gasteiger partial charge on any atom is 0.265 e. The molecular weight excluding hydrogens is 418 g/mol. The van der Waals surface area contributed by atoms with Gasteiger partial charge >= 0.3 is 0 Å². The minimum atomic E-state index is -0.0965. The lowest BCUT2D eigenvalue weighted by atomic mass is 9.91. The van der Waals surface area contributed by atoms with E-state index in [-0.39, 0.29) is 17.7 Å². The molecule has 0 radical (unpaired) electrons.